The van der Waals surface area contributed by atoms with E-state index < -0.39 is 0 Å². The Morgan fingerprint density at radius 1 is 1.53 bits per heavy atom. The summed E-state index contributed by atoms with van der Waals surface area (Å²) < 4.78 is 11.3. The van der Waals surface area contributed by atoms with Crippen LogP contribution in [0.15, 0.2) is 0 Å². The first-order valence-electron chi connectivity index (χ1n) is 5.78. The van der Waals surface area contributed by atoms with Crippen LogP contribution in [-0.2, 0) is 14.3 Å². The van der Waals surface area contributed by atoms with Crippen LogP contribution in [0.4, 0.5) is 0 Å². The topological polar surface area (TPSA) is 35.5 Å². The molecule has 0 radical (unpaired) electrons. The molecule has 3 nitrogen and oxygen atoms in total. The van der Waals surface area contributed by atoms with Gasteiger partial charge in [0.2, 0.25) is 0 Å². The van der Waals surface area contributed by atoms with Crippen LogP contribution in [0.5, 0.6) is 0 Å². The fraction of sp³-hybridized carbons (Fsp3) is 0.917. The Hall–Kier alpha value is -0.410. The van der Waals surface area contributed by atoms with Crippen LogP contribution in [0.2, 0.25) is 0 Å². The molecule has 1 aliphatic rings. The Kier molecular flexibility index (Phi) is 4.74. The van der Waals surface area contributed by atoms with Gasteiger partial charge in [-0.1, -0.05) is 13.8 Å². The first kappa shape index (κ1) is 12.7. The van der Waals surface area contributed by atoms with Crippen LogP contribution in [-0.4, -0.2) is 31.2 Å². The van der Waals surface area contributed by atoms with Crippen molar-refractivity contribution in [3.8, 4) is 0 Å². The van der Waals surface area contributed by atoms with E-state index in [-0.39, 0.29) is 18.0 Å². The molecule has 0 aromatic heterocycles. The molecular weight excluding hydrogens is 192 g/mol. The predicted molar refractivity (Wildman–Crippen MR) is 58.8 cm³/mol. The van der Waals surface area contributed by atoms with Gasteiger partial charge in [-0.3, -0.25) is 4.79 Å². The molecule has 0 N–H and O–H groups in total. The van der Waals surface area contributed by atoms with E-state index in [1.807, 2.05) is 6.92 Å². The van der Waals surface area contributed by atoms with Crippen molar-refractivity contribution in [2.45, 2.75) is 46.3 Å². The highest BCUT2D eigenvalue weighted by Crippen LogP contribution is 2.30. The van der Waals surface area contributed by atoms with E-state index in [0.29, 0.717) is 24.9 Å². The zero-order valence-corrected chi connectivity index (χ0v) is 10.2. The van der Waals surface area contributed by atoms with E-state index in [0.717, 1.165) is 6.61 Å². The SMILES string of the molecule is CCOC(CC(C)=O)C1OCC(C)C1C. The number of Topliss-reactive ketones (excluding diaryl/α,β-unsaturated/α-hetero) is 1. The lowest BCUT2D eigenvalue weighted by atomic mass is 9.90. The van der Waals surface area contributed by atoms with Crippen LogP contribution < -0.4 is 0 Å². The molecule has 0 aromatic rings. The molecule has 0 aromatic carbocycles. The third-order valence-electron chi connectivity index (χ3n) is 3.20. The largest absolute Gasteiger partial charge is 0.375 e. The Bertz CT molecular complexity index is 215. The van der Waals surface area contributed by atoms with Crippen molar-refractivity contribution in [3.63, 3.8) is 0 Å². The van der Waals surface area contributed by atoms with Crippen LogP contribution in [0.1, 0.15) is 34.1 Å². The van der Waals surface area contributed by atoms with Crippen molar-refractivity contribution in [2.75, 3.05) is 13.2 Å². The molecule has 4 unspecified atom stereocenters. The molecule has 15 heavy (non-hydrogen) atoms. The van der Waals surface area contributed by atoms with Crippen molar-refractivity contribution < 1.29 is 14.3 Å². The number of rotatable bonds is 5. The van der Waals surface area contributed by atoms with E-state index in [1.165, 1.54) is 0 Å². The third kappa shape index (κ3) is 3.28. The number of carbonyl (C=O) groups excluding carboxylic acids is 1. The van der Waals surface area contributed by atoms with Gasteiger partial charge in [0.05, 0.1) is 12.2 Å². The molecule has 3 heteroatoms. The maximum Gasteiger partial charge on any atom is 0.132 e. The lowest BCUT2D eigenvalue weighted by Crippen LogP contribution is -2.35. The summed E-state index contributed by atoms with van der Waals surface area (Å²) in [4.78, 5) is 11.1. The highest BCUT2D eigenvalue weighted by molar-refractivity contribution is 5.76. The average molecular weight is 214 g/mol. The van der Waals surface area contributed by atoms with E-state index in [9.17, 15) is 4.79 Å². The van der Waals surface area contributed by atoms with Gasteiger partial charge in [0.15, 0.2) is 0 Å². The zero-order valence-electron chi connectivity index (χ0n) is 10.2. The first-order chi connectivity index (χ1) is 7.06. The summed E-state index contributed by atoms with van der Waals surface area (Å²) in [5, 5.41) is 0. The number of hydrogen-bond donors (Lipinski definition) is 0. The lowest BCUT2D eigenvalue weighted by Gasteiger charge is -2.25. The zero-order chi connectivity index (χ0) is 11.4. The van der Waals surface area contributed by atoms with Gasteiger partial charge in [-0.15, -0.1) is 0 Å². The van der Waals surface area contributed by atoms with Gasteiger partial charge < -0.3 is 9.47 Å². The third-order valence-corrected chi connectivity index (χ3v) is 3.20. The van der Waals surface area contributed by atoms with E-state index in [2.05, 4.69) is 13.8 Å². The minimum absolute atomic E-state index is 0.0625. The van der Waals surface area contributed by atoms with Gasteiger partial charge >= 0.3 is 0 Å². The van der Waals surface area contributed by atoms with Gasteiger partial charge in [0, 0.05) is 19.6 Å². The fourth-order valence-corrected chi connectivity index (χ4v) is 2.10. The van der Waals surface area contributed by atoms with Gasteiger partial charge in [-0.05, 0) is 25.7 Å². The average Bonchev–Trinajstić information content (AvgIpc) is 2.46. The maximum atomic E-state index is 11.1. The van der Waals surface area contributed by atoms with Crippen molar-refractivity contribution in [1.82, 2.24) is 0 Å². The molecule has 0 saturated carbocycles. The van der Waals surface area contributed by atoms with Gasteiger partial charge in [0.1, 0.15) is 5.78 Å². The molecule has 1 aliphatic heterocycles. The molecule has 0 spiro atoms. The highest BCUT2D eigenvalue weighted by Gasteiger charge is 2.37. The van der Waals surface area contributed by atoms with Crippen LogP contribution >= 0.6 is 0 Å². The smallest absolute Gasteiger partial charge is 0.132 e. The second-order valence-electron chi connectivity index (χ2n) is 4.53. The predicted octanol–water partition coefficient (Wildman–Crippen LogP) is 2.04. The molecule has 4 atom stereocenters. The fourth-order valence-electron chi connectivity index (χ4n) is 2.10. The Balaban J connectivity index is 2.58. The standard InChI is InChI=1S/C12H22O3/c1-5-14-11(6-9(3)13)12-10(4)8(2)7-15-12/h8,10-12H,5-7H2,1-4H3. The Morgan fingerprint density at radius 2 is 2.20 bits per heavy atom. The number of hydrogen-bond acceptors (Lipinski definition) is 3. The number of carbonyl (C=O) groups is 1. The summed E-state index contributed by atoms with van der Waals surface area (Å²) in [6.45, 7) is 9.34. The van der Waals surface area contributed by atoms with E-state index in [4.69, 9.17) is 9.47 Å². The molecule has 88 valence electrons. The minimum Gasteiger partial charge on any atom is -0.375 e. The molecule has 1 saturated heterocycles. The quantitative estimate of drug-likeness (QED) is 0.702. The summed E-state index contributed by atoms with van der Waals surface area (Å²) >= 11 is 0. The molecule has 0 aliphatic carbocycles. The summed E-state index contributed by atoms with van der Waals surface area (Å²) in [6.07, 6.45) is 0.492. The summed E-state index contributed by atoms with van der Waals surface area (Å²) in [6, 6.07) is 0. The summed E-state index contributed by atoms with van der Waals surface area (Å²) in [5.74, 6) is 1.20. The first-order valence-corrected chi connectivity index (χ1v) is 5.78. The van der Waals surface area contributed by atoms with Crippen molar-refractivity contribution >= 4 is 5.78 Å². The molecule has 1 heterocycles. The Labute approximate surface area is 92.1 Å². The van der Waals surface area contributed by atoms with Gasteiger partial charge in [-0.2, -0.15) is 0 Å². The molecule has 1 fully saturated rings. The summed E-state index contributed by atoms with van der Waals surface area (Å²) in [5.41, 5.74) is 0. The lowest BCUT2D eigenvalue weighted by molar-refractivity contribution is -0.124. The van der Waals surface area contributed by atoms with Crippen molar-refractivity contribution in [2.24, 2.45) is 11.8 Å². The maximum absolute atomic E-state index is 11.1. The van der Waals surface area contributed by atoms with E-state index >= 15 is 0 Å². The molecule has 0 amide bonds. The second kappa shape index (κ2) is 5.61. The van der Waals surface area contributed by atoms with Crippen LogP contribution in [0, 0.1) is 11.8 Å². The Morgan fingerprint density at radius 3 is 2.60 bits per heavy atom. The number of ether oxygens (including phenoxy) is 2. The van der Waals surface area contributed by atoms with Crippen LogP contribution in [0.3, 0.4) is 0 Å². The second-order valence-corrected chi connectivity index (χ2v) is 4.53. The number of ketones is 1. The van der Waals surface area contributed by atoms with E-state index in [1.54, 1.807) is 6.92 Å². The van der Waals surface area contributed by atoms with Crippen molar-refractivity contribution in [1.29, 1.82) is 0 Å². The summed E-state index contributed by atoms with van der Waals surface area (Å²) in [7, 11) is 0. The minimum atomic E-state index is -0.0625. The molecule has 0 bridgehead atoms. The van der Waals surface area contributed by atoms with Gasteiger partial charge in [-0.25, -0.2) is 0 Å². The monoisotopic (exact) mass is 214 g/mol. The molecule has 1 rings (SSSR count). The highest BCUT2D eigenvalue weighted by atomic mass is 16.5. The van der Waals surface area contributed by atoms with Crippen molar-refractivity contribution in [3.05, 3.63) is 0 Å². The van der Waals surface area contributed by atoms with Gasteiger partial charge in [0.25, 0.3) is 0 Å². The normalized spacial score (nSPS) is 32.9. The van der Waals surface area contributed by atoms with Crippen LogP contribution in [0.25, 0.3) is 0 Å². The molecular formula is C12H22O3.